The molecule has 0 saturated carbocycles. The predicted octanol–water partition coefficient (Wildman–Crippen LogP) is 1.50. The highest BCUT2D eigenvalue weighted by Gasteiger charge is 2.21. The number of likely N-dealkylation sites (tertiary alicyclic amines) is 1. The van der Waals surface area contributed by atoms with Gasteiger partial charge in [-0.25, -0.2) is 0 Å². The molecule has 0 amide bonds. The molecule has 5 nitrogen and oxygen atoms in total. The van der Waals surface area contributed by atoms with E-state index in [0.717, 1.165) is 29.3 Å². The summed E-state index contributed by atoms with van der Waals surface area (Å²) in [6.07, 6.45) is 2.51. The molecule has 0 spiro atoms. The zero-order valence-electron chi connectivity index (χ0n) is 11.5. The van der Waals surface area contributed by atoms with Gasteiger partial charge in [0.05, 0.1) is 6.54 Å². The van der Waals surface area contributed by atoms with Crippen LogP contribution in [0.2, 0.25) is 0 Å². The summed E-state index contributed by atoms with van der Waals surface area (Å²) >= 11 is 1.67. The molecule has 18 heavy (non-hydrogen) atoms. The standard InChI is InChI=1S/C12H23N5S/c1-4-13-12-15-14-11(18-12)9-17-7-5-10(6-8-17)16(2)3/h10H,4-9H2,1-3H3,(H,13,15). The van der Waals surface area contributed by atoms with Crippen molar-refractivity contribution in [2.24, 2.45) is 0 Å². The maximum absolute atomic E-state index is 4.24. The molecule has 1 fully saturated rings. The monoisotopic (exact) mass is 269 g/mol. The maximum Gasteiger partial charge on any atom is 0.205 e. The van der Waals surface area contributed by atoms with Crippen LogP contribution in [0.5, 0.6) is 0 Å². The van der Waals surface area contributed by atoms with E-state index in [2.05, 4.69) is 46.3 Å². The van der Waals surface area contributed by atoms with E-state index in [4.69, 9.17) is 0 Å². The lowest BCUT2D eigenvalue weighted by atomic mass is 10.0. The number of aromatic nitrogens is 2. The van der Waals surface area contributed by atoms with E-state index < -0.39 is 0 Å². The van der Waals surface area contributed by atoms with Gasteiger partial charge in [0.25, 0.3) is 0 Å². The van der Waals surface area contributed by atoms with Crippen LogP contribution in [0.25, 0.3) is 0 Å². The average Bonchev–Trinajstić information content (AvgIpc) is 2.78. The molecule has 0 unspecified atom stereocenters. The summed E-state index contributed by atoms with van der Waals surface area (Å²) < 4.78 is 0. The van der Waals surface area contributed by atoms with Crippen molar-refractivity contribution in [3.63, 3.8) is 0 Å². The summed E-state index contributed by atoms with van der Waals surface area (Å²) in [5.41, 5.74) is 0. The second-order valence-electron chi connectivity index (χ2n) is 5.00. The molecule has 0 aliphatic carbocycles. The lowest BCUT2D eigenvalue weighted by Crippen LogP contribution is -2.41. The second kappa shape index (κ2) is 6.45. The van der Waals surface area contributed by atoms with Crippen molar-refractivity contribution in [1.82, 2.24) is 20.0 Å². The van der Waals surface area contributed by atoms with Gasteiger partial charge in [0.2, 0.25) is 5.13 Å². The molecule has 0 radical (unpaired) electrons. The first kappa shape index (κ1) is 13.7. The van der Waals surface area contributed by atoms with Crippen LogP contribution in [0.3, 0.4) is 0 Å². The Labute approximate surface area is 113 Å². The van der Waals surface area contributed by atoms with E-state index in [0.29, 0.717) is 0 Å². The number of nitrogens with one attached hydrogen (secondary N) is 1. The molecule has 1 saturated heterocycles. The van der Waals surface area contributed by atoms with Gasteiger partial charge in [0, 0.05) is 25.7 Å². The first-order valence-electron chi connectivity index (χ1n) is 6.64. The fourth-order valence-corrected chi connectivity index (χ4v) is 3.18. The van der Waals surface area contributed by atoms with Crippen LogP contribution in [-0.2, 0) is 6.54 Å². The van der Waals surface area contributed by atoms with E-state index in [1.807, 2.05) is 0 Å². The molecule has 1 aromatic rings. The van der Waals surface area contributed by atoms with Gasteiger partial charge in [-0.1, -0.05) is 11.3 Å². The van der Waals surface area contributed by atoms with Crippen LogP contribution < -0.4 is 5.32 Å². The SMILES string of the molecule is CCNc1nnc(CN2CCC(N(C)C)CC2)s1. The highest BCUT2D eigenvalue weighted by Crippen LogP contribution is 2.20. The van der Waals surface area contributed by atoms with Gasteiger partial charge < -0.3 is 10.2 Å². The van der Waals surface area contributed by atoms with Crippen molar-refractivity contribution < 1.29 is 0 Å². The topological polar surface area (TPSA) is 44.3 Å². The van der Waals surface area contributed by atoms with E-state index in [1.54, 1.807) is 11.3 Å². The summed E-state index contributed by atoms with van der Waals surface area (Å²) in [6, 6.07) is 0.744. The van der Waals surface area contributed by atoms with Gasteiger partial charge in [-0.3, -0.25) is 4.90 Å². The quantitative estimate of drug-likeness (QED) is 0.877. The van der Waals surface area contributed by atoms with E-state index in [-0.39, 0.29) is 0 Å². The van der Waals surface area contributed by atoms with Crippen molar-refractivity contribution in [3.05, 3.63) is 5.01 Å². The van der Waals surface area contributed by atoms with Crippen LogP contribution >= 0.6 is 11.3 Å². The normalized spacial score (nSPS) is 18.4. The zero-order chi connectivity index (χ0) is 13.0. The number of piperidine rings is 1. The Morgan fingerprint density at radius 1 is 1.33 bits per heavy atom. The molecule has 1 N–H and O–H groups in total. The van der Waals surface area contributed by atoms with Crippen LogP contribution in [0.15, 0.2) is 0 Å². The smallest absolute Gasteiger partial charge is 0.205 e. The fourth-order valence-electron chi connectivity index (χ4n) is 2.33. The summed E-state index contributed by atoms with van der Waals surface area (Å²) in [6.45, 7) is 6.26. The van der Waals surface area contributed by atoms with E-state index in [1.165, 1.54) is 25.9 Å². The van der Waals surface area contributed by atoms with E-state index in [9.17, 15) is 0 Å². The fraction of sp³-hybridized carbons (Fsp3) is 0.833. The van der Waals surface area contributed by atoms with Crippen molar-refractivity contribution in [2.45, 2.75) is 32.4 Å². The van der Waals surface area contributed by atoms with Crippen molar-refractivity contribution in [2.75, 3.05) is 39.0 Å². The third-order valence-electron chi connectivity index (χ3n) is 3.44. The summed E-state index contributed by atoms with van der Waals surface area (Å²) in [4.78, 5) is 4.82. The lowest BCUT2D eigenvalue weighted by molar-refractivity contribution is 0.139. The Kier molecular flexibility index (Phi) is 4.91. The molecule has 0 aromatic carbocycles. The summed E-state index contributed by atoms with van der Waals surface area (Å²) in [5.74, 6) is 0. The van der Waals surface area contributed by atoms with Gasteiger partial charge in [0.15, 0.2) is 0 Å². The second-order valence-corrected chi connectivity index (χ2v) is 6.06. The Balaban J connectivity index is 1.80. The Bertz CT molecular complexity index is 357. The number of anilines is 1. The number of nitrogens with zero attached hydrogens (tertiary/aromatic N) is 4. The molecule has 0 bridgehead atoms. The maximum atomic E-state index is 4.24. The van der Waals surface area contributed by atoms with Gasteiger partial charge in [-0.15, -0.1) is 10.2 Å². The summed E-state index contributed by atoms with van der Waals surface area (Å²) in [7, 11) is 4.35. The Morgan fingerprint density at radius 3 is 2.67 bits per heavy atom. The number of rotatable bonds is 5. The largest absolute Gasteiger partial charge is 0.360 e. The third kappa shape index (κ3) is 3.63. The molecule has 1 aliphatic heterocycles. The molecule has 2 rings (SSSR count). The van der Waals surface area contributed by atoms with E-state index >= 15 is 0 Å². The minimum atomic E-state index is 0.744. The number of hydrogen-bond donors (Lipinski definition) is 1. The summed E-state index contributed by atoms with van der Waals surface area (Å²) in [5, 5.41) is 13.6. The molecular formula is C12H23N5S. The third-order valence-corrected chi connectivity index (χ3v) is 4.31. The molecule has 1 aromatic heterocycles. The average molecular weight is 269 g/mol. The highest BCUT2D eigenvalue weighted by atomic mass is 32.1. The molecule has 1 aliphatic rings. The van der Waals surface area contributed by atoms with Crippen molar-refractivity contribution in [3.8, 4) is 0 Å². The van der Waals surface area contributed by atoms with Gasteiger partial charge in [-0.2, -0.15) is 0 Å². The molecule has 6 heteroatoms. The van der Waals surface area contributed by atoms with Gasteiger partial charge in [-0.05, 0) is 33.9 Å². The first-order valence-corrected chi connectivity index (χ1v) is 7.45. The van der Waals surface area contributed by atoms with Crippen molar-refractivity contribution >= 4 is 16.5 Å². The number of hydrogen-bond acceptors (Lipinski definition) is 6. The van der Waals surface area contributed by atoms with Crippen LogP contribution in [0.4, 0.5) is 5.13 Å². The molecule has 0 atom stereocenters. The minimum Gasteiger partial charge on any atom is -0.360 e. The Morgan fingerprint density at radius 2 is 2.06 bits per heavy atom. The Hall–Kier alpha value is -0.720. The van der Waals surface area contributed by atoms with Crippen LogP contribution in [0, 0.1) is 0 Å². The lowest BCUT2D eigenvalue weighted by Gasteiger charge is -2.34. The van der Waals surface area contributed by atoms with Gasteiger partial charge in [0.1, 0.15) is 5.01 Å². The van der Waals surface area contributed by atoms with Crippen LogP contribution in [-0.4, -0.2) is 59.8 Å². The first-order chi connectivity index (χ1) is 8.69. The van der Waals surface area contributed by atoms with Crippen molar-refractivity contribution in [1.29, 1.82) is 0 Å². The van der Waals surface area contributed by atoms with Gasteiger partial charge >= 0.3 is 0 Å². The zero-order valence-corrected chi connectivity index (χ0v) is 12.3. The molecule has 102 valence electrons. The molecule has 2 heterocycles. The predicted molar refractivity (Wildman–Crippen MR) is 76.1 cm³/mol. The highest BCUT2D eigenvalue weighted by molar-refractivity contribution is 7.15. The minimum absolute atomic E-state index is 0.744. The molecular weight excluding hydrogens is 246 g/mol. The van der Waals surface area contributed by atoms with Crippen LogP contribution in [0.1, 0.15) is 24.8 Å².